The van der Waals surface area contributed by atoms with Crippen LogP contribution in [0.25, 0.3) is 10.9 Å². The summed E-state index contributed by atoms with van der Waals surface area (Å²) in [5.41, 5.74) is 8.13. The molecular formula is C22H31ClN4O2. The first-order valence-corrected chi connectivity index (χ1v) is 10.9. The van der Waals surface area contributed by atoms with Gasteiger partial charge in [0.25, 0.3) is 0 Å². The standard InChI is InChI=1S/C22H31ClN4O2/c1-15(25-9-10-27(17-5-6-17)21(14-25)22(24)28)16-4-7-18-19(23)13-26(20(18)12-16)8-3-11-29-2/h4,7,12-13,15,17,21H,3,5-6,8-11,14H2,1-2H3,(H2,24,28)/t15-,21-/m1/s1. The molecule has 0 unspecified atom stereocenters. The average Bonchev–Trinajstić information content (AvgIpc) is 3.52. The second kappa shape index (κ2) is 8.64. The smallest absolute Gasteiger partial charge is 0.236 e. The lowest BCUT2D eigenvalue weighted by atomic mass is 10.0. The number of primary amides is 1. The number of aryl methyl sites for hydroxylation is 1. The van der Waals surface area contributed by atoms with Crippen LogP contribution in [0.3, 0.4) is 0 Å². The van der Waals surface area contributed by atoms with Crippen LogP contribution in [0.1, 0.15) is 37.8 Å². The van der Waals surface area contributed by atoms with Gasteiger partial charge in [-0.3, -0.25) is 14.6 Å². The van der Waals surface area contributed by atoms with Gasteiger partial charge in [-0.1, -0.05) is 23.7 Å². The fraction of sp³-hybridized carbons (Fsp3) is 0.591. The van der Waals surface area contributed by atoms with Gasteiger partial charge >= 0.3 is 0 Å². The van der Waals surface area contributed by atoms with E-state index < -0.39 is 0 Å². The summed E-state index contributed by atoms with van der Waals surface area (Å²) in [6.45, 7) is 6.37. The zero-order valence-corrected chi connectivity index (χ0v) is 18.1. The first-order valence-electron chi connectivity index (χ1n) is 10.6. The van der Waals surface area contributed by atoms with Crippen LogP contribution in [0.5, 0.6) is 0 Å². The van der Waals surface area contributed by atoms with Gasteiger partial charge in [0.2, 0.25) is 5.91 Å². The molecule has 158 valence electrons. The van der Waals surface area contributed by atoms with Crippen molar-refractivity contribution >= 4 is 28.4 Å². The lowest BCUT2D eigenvalue weighted by Gasteiger charge is -2.42. The summed E-state index contributed by atoms with van der Waals surface area (Å²) in [5, 5.41) is 1.86. The van der Waals surface area contributed by atoms with E-state index in [0.29, 0.717) is 12.6 Å². The molecular weight excluding hydrogens is 388 g/mol. The van der Waals surface area contributed by atoms with Crippen molar-refractivity contribution in [2.45, 2.75) is 50.9 Å². The number of nitrogens with zero attached hydrogens (tertiary/aromatic N) is 3. The summed E-state index contributed by atoms with van der Waals surface area (Å²) in [4.78, 5) is 16.8. The van der Waals surface area contributed by atoms with Crippen LogP contribution in [0.15, 0.2) is 24.4 Å². The van der Waals surface area contributed by atoms with Crippen molar-refractivity contribution in [2.24, 2.45) is 5.73 Å². The predicted molar refractivity (Wildman–Crippen MR) is 116 cm³/mol. The molecule has 2 heterocycles. The van der Waals surface area contributed by atoms with E-state index >= 15 is 0 Å². The van der Waals surface area contributed by atoms with Crippen LogP contribution in [0, 0.1) is 0 Å². The van der Waals surface area contributed by atoms with Crippen molar-refractivity contribution in [3.8, 4) is 0 Å². The van der Waals surface area contributed by atoms with Gasteiger partial charge in [0, 0.05) is 69.1 Å². The summed E-state index contributed by atoms with van der Waals surface area (Å²) in [6.07, 6.45) is 5.33. The molecule has 1 aliphatic heterocycles. The van der Waals surface area contributed by atoms with Crippen LogP contribution in [0.4, 0.5) is 0 Å². The Balaban J connectivity index is 1.54. The van der Waals surface area contributed by atoms with Gasteiger partial charge < -0.3 is 15.0 Å². The van der Waals surface area contributed by atoms with E-state index in [-0.39, 0.29) is 18.0 Å². The van der Waals surface area contributed by atoms with E-state index in [2.05, 4.69) is 39.5 Å². The number of rotatable bonds is 8. The number of hydrogen-bond acceptors (Lipinski definition) is 4. The van der Waals surface area contributed by atoms with Crippen molar-refractivity contribution < 1.29 is 9.53 Å². The van der Waals surface area contributed by atoms with Crippen LogP contribution < -0.4 is 5.73 Å². The third-order valence-corrected chi connectivity index (χ3v) is 6.73. The molecule has 1 amide bonds. The highest BCUT2D eigenvalue weighted by atomic mass is 35.5. The minimum Gasteiger partial charge on any atom is -0.385 e. The molecule has 2 atom stereocenters. The first-order chi connectivity index (χ1) is 14.0. The van der Waals surface area contributed by atoms with Crippen molar-refractivity contribution in [3.05, 3.63) is 35.0 Å². The number of carbonyl (C=O) groups is 1. The highest BCUT2D eigenvalue weighted by Crippen LogP contribution is 2.34. The van der Waals surface area contributed by atoms with Crippen LogP contribution >= 0.6 is 11.6 Å². The number of benzene rings is 1. The average molecular weight is 419 g/mol. The molecule has 4 rings (SSSR count). The number of fused-ring (bicyclic) bond motifs is 1. The van der Waals surface area contributed by atoms with E-state index in [0.717, 1.165) is 48.6 Å². The highest BCUT2D eigenvalue weighted by Gasteiger charge is 2.40. The second-order valence-electron chi connectivity index (χ2n) is 8.35. The molecule has 1 saturated heterocycles. The zero-order valence-electron chi connectivity index (χ0n) is 17.3. The third-order valence-electron chi connectivity index (χ3n) is 6.43. The Hall–Kier alpha value is -1.60. The van der Waals surface area contributed by atoms with Gasteiger partial charge in [-0.05, 0) is 37.8 Å². The second-order valence-corrected chi connectivity index (χ2v) is 8.76. The molecule has 0 bridgehead atoms. The molecule has 7 heteroatoms. The van der Waals surface area contributed by atoms with E-state index in [1.165, 1.54) is 18.4 Å². The summed E-state index contributed by atoms with van der Waals surface area (Å²) in [5.74, 6) is -0.206. The van der Waals surface area contributed by atoms with Gasteiger partial charge in [-0.15, -0.1) is 0 Å². The van der Waals surface area contributed by atoms with Gasteiger partial charge in [-0.2, -0.15) is 0 Å². The number of piperazine rings is 1. The van der Waals surface area contributed by atoms with E-state index in [4.69, 9.17) is 22.1 Å². The number of hydrogen-bond donors (Lipinski definition) is 1. The van der Waals surface area contributed by atoms with Crippen LogP contribution in [-0.4, -0.2) is 65.7 Å². The molecule has 29 heavy (non-hydrogen) atoms. The molecule has 2 N–H and O–H groups in total. The SMILES string of the molecule is COCCCn1cc(Cl)c2ccc([C@@H](C)N3CCN(C4CC4)[C@@H](C(N)=O)C3)cc21. The number of aromatic nitrogens is 1. The molecule has 1 aliphatic carbocycles. The quantitative estimate of drug-likeness (QED) is 0.669. The maximum absolute atomic E-state index is 12.1. The van der Waals surface area contributed by atoms with E-state index in [1.54, 1.807) is 7.11 Å². The molecule has 2 aliphatic rings. The molecule has 1 aromatic heterocycles. The Morgan fingerprint density at radius 2 is 2.14 bits per heavy atom. The molecule has 0 radical (unpaired) electrons. The fourth-order valence-corrected chi connectivity index (χ4v) is 4.84. The number of amides is 1. The van der Waals surface area contributed by atoms with Crippen LogP contribution in [0.2, 0.25) is 5.02 Å². The number of ether oxygens (including phenoxy) is 1. The minimum absolute atomic E-state index is 0.185. The minimum atomic E-state index is -0.206. The normalized spacial score (nSPS) is 22.2. The molecule has 6 nitrogen and oxygen atoms in total. The van der Waals surface area contributed by atoms with Gasteiger partial charge in [0.1, 0.15) is 6.04 Å². The third kappa shape index (κ3) is 4.31. The molecule has 2 fully saturated rings. The highest BCUT2D eigenvalue weighted by molar-refractivity contribution is 6.35. The summed E-state index contributed by atoms with van der Waals surface area (Å²) >= 11 is 6.46. The molecule has 1 aromatic carbocycles. The maximum Gasteiger partial charge on any atom is 0.236 e. The molecule has 2 aromatic rings. The van der Waals surface area contributed by atoms with Crippen molar-refractivity contribution in [1.29, 1.82) is 0 Å². The topological polar surface area (TPSA) is 63.7 Å². The summed E-state index contributed by atoms with van der Waals surface area (Å²) in [6, 6.07) is 7.09. The predicted octanol–water partition coefficient (Wildman–Crippen LogP) is 3.03. The van der Waals surface area contributed by atoms with E-state index in [1.807, 2.05) is 6.20 Å². The lowest BCUT2D eigenvalue weighted by Crippen LogP contribution is -2.59. The van der Waals surface area contributed by atoms with Crippen molar-refractivity contribution in [3.63, 3.8) is 0 Å². The number of nitrogens with two attached hydrogens (primary N) is 1. The van der Waals surface area contributed by atoms with Gasteiger partial charge in [0.05, 0.1) is 5.02 Å². The largest absolute Gasteiger partial charge is 0.385 e. The molecule has 0 spiro atoms. The van der Waals surface area contributed by atoms with Gasteiger partial charge in [-0.25, -0.2) is 0 Å². The lowest BCUT2D eigenvalue weighted by molar-refractivity contribution is -0.126. The van der Waals surface area contributed by atoms with Gasteiger partial charge in [0.15, 0.2) is 0 Å². The number of halogens is 1. The summed E-state index contributed by atoms with van der Waals surface area (Å²) in [7, 11) is 1.73. The Bertz CT molecular complexity index is 879. The monoisotopic (exact) mass is 418 g/mol. The number of methoxy groups -OCH3 is 1. The summed E-state index contributed by atoms with van der Waals surface area (Å²) < 4.78 is 7.40. The Morgan fingerprint density at radius 1 is 1.34 bits per heavy atom. The van der Waals surface area contributed by atoms with Crippen LogP contribution in [-0.2, 0) is 16.1 Å². The maximum atomic E-state index is 12.1. The molecule has 1 saturated carbocycles. The first kappa shape index (κ1) is 20.7. The Labute approximate surface area is 177 Å². The van der Waals surface area contributed by atoms with E-state index in [9.17, 15) is 4.79 Å². The zero-order chi connectivity index (χ0) is 20.5. The van der Waals surface area contributed by atoms with Crippen molar-refractivity contribution in [2.75, 3.05) is 33.4 Å². The van der Waals surface area contributed by atoms with Crippen molar-refractivity contribution in [1.82, 2.24) is 14.4 Å². The fourth-order valence-electron chi connectivity index (χ4n) is 4.57. The number of carbonyl (C=O) groups excluding carboxylic acids is 1. The Kier molecular flexibility index (Phi) is 6.16. The Morgan fingerprint density at radius 3 is 2.83 bits per heavy atom.